The molecule has 3 aromatic rings. The van der Waals surface area contributed by atoms with E-state index in [-0.39, 0.29) is 6.01 Å². The summed E-state index contributed by atoms with van der Waals surface area (Å²) in [7, 11) is 3.07. The molecule has 8 nitrogen and oxygen atoms in total. The molecule has 3 aromatic heterocycles. The highest BCUT2D eigenvalue weighted by molar-refractivity contribution is 7.17. The normalized spacial score (nSPS) is 14.7. The van der Waals surface area contributed by atoms with Crippen LogP contribution in [-0.2, 0) is 4.74 Å². The van der Waals surface area contributed by atoms with E-state index in [2.05, 4.69) is 19.9 Å². The van der Waals surface area contributed by atoms with Gasteiger partial charge < -0.3 is 19.1 Å². The smallest absolute Gasteiger partial charge is 0.319 e. The summed E-state index contributed by atoms with van der Waals surface area (Å²) in [6.07, 6.45) is 1.63. The standard InChI is InChI=1S/C16H17N5O3S/c1-22-15-10(9-17-16(20-15)23-2)13-18-11-3-8-25-12(11)14(19-13)21-4-6-24-7-5-21/h3,8-9H,4-7H2,1-2H3. The van der Waals surface area contributed by atoms with E-state index in [1.54, 1.807) is 24.6 Å². The summed E-state index contributed by atoms with van der Waals surface area (Å²) in [5, 5.41) is 2.02. The Labute approximate surface area is 148 Å². The van der Waals surface area contributed by atoms with Crippen LogP contribution in [0.5, 0.6) is 11.9 Å². The molecule has 0 amide bonds. The minimum Gasteiger partial charge on any atom is -0.480 e. The van der Waals surface area contributed by atoms with Gasteiger partial charge in [-0.15, -0.1) is 11.3 Å². The Bertz CT molecular complexity index is 895. The molecule has 4 rings (SSSR count). The molecule has 0 atom stereocenters. The van der Waals surface area contributed by atoms with Gasteiger partial charge in [-0.05, 0) is 11.4 Å². The van der Waals surface area contributed by atoms with Gasteiger partial charge in [0.2, 0.25) is 5.88 Å². The average Bonchev–Trinajstić information content (AvgIpc) is 3.16. The highest BCUT2D eigenvalue weighted by atomic mass is 32.1. The molecule has 0 bridgehead atoms. The van der Waals surface area contributed by atoms with Gasteiger partial charge in [-0.1, -0.05) is 0 Å². The van der Waals surface area contributed by atoms with Crippen LogP contribution in [0.25, 0.3) is 21.6 Å². The van der Waals surface area contributed by atoms with Gasteiger partial charge >= 0.3 is 6.01 Å². The number of thiophene rings is 1. The molecular formula is C16H17N5O3S. The van der Waals surface area contributed by atoms with Crippen LogP contribution in [0.2, 0.25) is 0 Å². The topological polar surface area (TPSA) is 82.5 Å². The van der Waals surface area contributed by atoms with Crippen LogP contribution in [0.15, 0.2) is 17.6 Å². The first kappa shape index (κ1) is 16.0. The van der Waals surface area contributed by atoms with Crippen LogP contribution in [-0.4, -0.2) is 60.5 Å². The zero-order chi connectivity index (χ0) is 17.2. The lowest BCUT2D eigenvalue weighted by Crippen LogP contribution is -2.36. The summed E-state index contributed by atoms with van der Waals surface area (Å²) in [5.74, 6) is 1.83. The lowest BCUT2D eigenvalue weighted by atomic mass is 10.3. The zero-order valence-corrected chi connectivity index (χ0v) is 14.7. The number of ether oxygens (including phenoxy) is 3. The minimum atomic E-state index is 0.241. The number of nitrogens with zero attached hydrogens (tertiary/aromatic N) is 5. The van der Waals surface area contributed by atoms with Crippen LogP contribution >= 0.6 is 11.3 Å². The molecule has 1 fully saturated rings. The molecule has 0 aliphatic carbocycles. The number of anilines is 1. The Kier molecular flexibility index (Phi) is 4.33. The molecule has 0 N–H and O–H groups in total. The van der Waals surface area contributed by atoms with Crippen LogP contribution < -0.4 is 14.4 Å². The second-order valence-electron chi connectivity index (χ2n) is 5.38. The molecule has 25 heavy (non-hydrogen) atoms. The lowest BCUT2D eigenvalue weighted by Gasteiger charge is -2.28. The van der Waals surface area contributed by atoms with Gasteiger partial charge in [0.1, 0.15) is 5.56 Å². The van der Waals surface area contributed by atoms with Crippen molar-refractivity contribution in [2.75, 3.05) is 45.4 Å². The maximum Gasteiger partial charge on any atom is 0.319 e. The molecule has 0 radical (unpaired) electrons. The number of morpholine rings is 1. The highest BCUT2D eigenvalue weighted by Gasteiger charge is 2.21. The number of hydrogen-bond donors (Lipinski definition) is 0. The molecule has 9 heteroatoms. The third-order valence-corrected chi connectivity index (χ3v) is 4.84. The second kappa shape index (κ2) is 6.77. The molecule has 1 aliphatic heterocycles. The molecule has 0 saturated carbocycles. The largest absolute Gasteiger partial charge is 0.480 e. The van der Waals surface area contributed by atoms with E-state index >= 15 is 0 Å². The van der Waals surface area contributed by atoms with Gasteiger partial charge in [-0.2, -0.15) is 4.98 Å². The van der Waals surface area contributed by atoms with Gasteiger partial charge in [0.25, 0.3) is 0 Å². The Balaban J connectivity index is 1.85. The predicted molar refractivity (Wildman–Crippen MR) is 94.6 cm³/mol. The van der Waals surface area contributed by atoms with E-state index in [4.69, 9.17) is 19.2 Å². The van der Waals surface area contributed by atoms with Gasteiger partial charge in [-0.3, -0.25) is 0 Å². The van der Waals surface area contributed by atoms with Crippen LogP contribution in [0.3, 0.4) is 0 Å². The molecule has 130 valence electrons. The molecule has 0 unspecified atom stereocenters. The van der Waals surface area contributed by atoms with Gasteiger partial charge in [-0.25, -0.2) is 15.0 Å². The summed E-state index contributed by atoms with van der Waals surface area (Å²) in [6.45, 7) is 3.00. The van der Waals surface area contributed by atoms with Crippen molar-refractivity contribution in [1.82, 2.24) is 19.9 Å². The van der Waals surface area contributed by atoms with Gasteiger partial charge in [0, 0.05) is 19.3 Å². The summed E-state index contributed by atoms with van der Waals surface area (Å²) >= 11 is 1.64. The number of rotatable bonds is 4. The van der Waals surface area contributed by atoms with E-state index < -0.39 is 0 Å². The average molecular weight is 359 g/mol. The first-order valence-electron chi connectivity index (χ1n) is 7.83. The fourth-order valence-electron chi connectivity index (χ4n) is 2.72. The van der Waals surface area contributed by atoms with Gasteiger partial charge in [0.05, 0.1) is 37.6 Å². The third-order valence-electron chi connectivity index (χ3n) is 3.94. The minimum absolute atomic E-state index is 0.241. The summed E-state index contributed by atoms with van der Waals surface area (Å²) in [6, 6.07) is 2.23. The predicted octanol–water partition coefficient (Wildman–Crippen LogP) is 2.00. The van der Waals surface area contributed by atoms with E-state index in [0.29, 0.717) is 30.5 Å². The summed E-state index contributed by atoms with van der Waals surface area (Å²) < 4.78 is 17.0. The van der Waals surface area contributed by atoms with Crippen molar-refractivity contribution in [3.8, 4) is 23.3 Å². The number of fused-ring (bicyclic) bond motifs is 1. The van der Waals surface area contributed by atoms with E-state index in [1.165, 1.54) is 7.11 Å². The Hall–Kier alpha value is -2.52. The third kappa shape index (κ3) is 2.96. The second-order valence-corrected chi connectivity index (χ2v) is 6.30. The van der Waals surface area contributed by atoms with Crippen LogP contribution in [0, 0.1) is 0 Å². The monoisotopic (exact) mass is 359 g/mol. The molecule has 0 spiro atoms. The maximum atomic E-state index is 5.46. The number of methoxy groups -OCH3 is 2. The first-order valence-corrected chi connectivity index (χ1v) is 8.71. The SMILES string of the molecule is COc1ncc(-c2nc(N3CCOCC3)c3sccc3n2)c(OC)n1. The van der Waals surface area contributed by atoms with Crippen molar-refractivity contribution in [2.24, 2.45) is 0 Å². The Morgan fingerprint density at radius 1 is 1.12 bits per heavy atom. The molecule has 1 aliphatic rings. The van der Waals surface area contributed by atoms with E-state index in [9.17, 15) is 0 Å². The van der Waals surface area contributed by atoms with Crippen molar-refractivity contribution >= 4 is 27.4 Å². The number of hydrogen-bond acceptors (Lipinski definition) is 9. The van der Waals surface area contributed by atoms with Crippen molar-refractivity contribution in [3.63, 3.8) is 0 Å². The molecule has 1 saturated heterocycles. The van der Waals surface area contributed by atoms with Crippen LogP contribution in [0.4, 0.5) is 5.82 Å². The summed E-state index contributed by atoms with van der Waals surface area (Å²) in [4.78, 5) is 20.1. The molecule has 4 heterocycles. The van der Waals surface area contributed by atoms with Crippen molar-refractivity contribution in [2.45, 2.75) is 0 Å². The Morgan fingerprint density at radius 2 is 1.96 bits per heavy atom. The summed E-state index contributed by atoms with van der Waals surface area (Å²) in [5.41, 5.74) is 1.53. The van der Waals surface area contributed by atoms with Crippen molar-refractivity contribution < 1.29 is 14.2 Å². The van der Waals surface area contributed by atoms with Crippen molar-refractivity contribution in [3.05, 3.63) is 17.6 Å². The van der Waals surface area contributed by atoms with E-state index in [1.807, 2.05) is 11.4 Å². The quantitative estimate of drug-likeness (QED) is 0.700. The number of aromatic nitrogens is 4. The molecule has 0 aromatic carbocycles. The first-order chi connectivity index (χ1) is 12.3. The Morgan fingerprint density at radius 3 is 2.72 bits per heavy atom. The van der Waals surface area contributed by atoms with Crippen molar-refractivity contribution in [1.29, 1.82) is 0 Å². The fourth-order valence-corrected chi connectivity index (χ4v) is 3.56. The zero-order valence-electron chi connectivity index (χ0n) is 13.9. The lowest BCUT2D eigenvalue weighted by molar-refractivity contribution is 0.122. The van der Waals surface area contributed by atoms with Crippen LogP contribution in [0.1, 0.15) is 0 Å². The van der Waals surface area contributed by atoms with E-state index in [0.717, 1.165) is 29.1 Å². The maximum absolute atomic E-state index is 5.46. The molecular weight excluding hydrogens is 342 g/mol. The fraction of sp³-hybridized carbons (Fsp3) is 0.375. The van der Waals surface area contributed by atoms with Gasteiger partial charge in [0.15, 0.2) is 11.6 Å². The highest BCUT2D eigenvalue weighted by Crippen LogP contribution is 2.34.